The summed E-state index contributed by atoms with van der Waals surface area (Å²) in [6.45, 7) is 1.47. The molecule has 0 aliphatic heterocycles. The van der Waals surface area contributed by atoms with Crippen molar-refractivity contribution in [3.8, 4) is 0 Å². The van der Waals surface area contributed by atoms with E-state index in [0.717, 1.165) is 0 Å². The summed E-state index contributed by atoms with van der Waals surface area (Å²) in [4.78, 5) is 9.91. The number of nitrogens with one attached hydrogen (secondary N) is 1. The molecular weight excluding hydrogens is 193 g/mol. The summed E-state index contributed by atoms with van der Waals surface area (Å²) in [7, 11) is 0. The molecule has 0 rings (SSSR count). The van der Waals surface area contributed by atoms with Crippen molar-refractivity contribution >= 4 is 32.1 Å². The standard InChI is InChI=1S/C3H4INO/c1-2(5)3(4)6/h5H,1H3. The highest BCUT2D eigenvalue weighted by Crippen LogP contribution is 1.84. The molecule has 0 bridgehead atoms. The van der Waals surface area contributed by atoms with Crippen molar-refractivity contribution in [3.63, 3.8) is 0 Å². The minimum Gasteiger partial charge on any atom is -0.301 e. The summed E-state index contributed by atoms with van der Waals surface area (Å²) < 4.78 is -0.187. The van der Waals surface area contributed by atoms with Gasteiger partial charge in [-0.3, -0.25) is 4.79 Å². The Morgan fingerprint density at radius 3 is 2.00 bits per heavy atom. The van der Waals surface area contributed by atoms with E-state index in [-0.39, 0.29) is 9.50 Å². The van der Waals surface area contributed by atoms with Gasteiger partial charge in [0.25, 0.3) is 0 Å². The molecule has 0 atom stereocenters. The van der Waals surface area contributed by atoms with Gasteiger partial charge in [-0.2, -0.15) is 0 Å². The Morgan fingerprint density at radius 2 is 2.00 bits per heavy atom. The summed E-state index contributed by atoms with van der Waals surface area (Å²) in [6.07, 6.45) is 0. The van der Waals surface area contributed by atoms with Gasteiger partial charge in [-0.1, -0.05) is 0 Å². The van der Waals surface area contributed by atoms with E-state index < -0.39 is 0 Å². The highest BCUT2D eigenvalue weighted by atomic mass is 127. The number of carbonyl (C=O) groups is 1. The molecule has 1 N–H and O–H groups in total. The van der Waals surface area contributed by atoms with Gasteiger partial charge in [-0.25, -0.2) is 0 Å². The first-order valence-electron chi connectivity index (χ1n) is 1.39. The van der Waals surface area contributed by atoms with Gasteiger partial charge in [0.15, 0.2) is 0 Å². The lowest BCUT2D eigenvalue weighted by atomic mass is 10.5. The van der Waals surface area contributed by atoms with Crippen LogP contribution in [0.5, 0.6) is 0 Å². The van der Waals surface area contributed by atoms with Crippen LogP contribution in [0.25, 0.3) is 0 Å². The average Bonchev–Trinajstić information content (AvgIpc) is 1.36. The van der Waals surface area contributed by atoms with Crippen molar-refractivity contribution in [2.24, 2.45) is 0 Å². The van der Waals surface area contributed by atoms with Crippen molar-refractivity contribution < 1.29 is 4.79 Å². The Balaban J connectivity index is 3.57. The molecule has 6 heavy (non-hydrogen) atoms. The monoisotopic (exact) mass is 197 g/mol. The molecule has 0 amide bonds. The molecule has 0 heterocycles. The zero-order valence-electron chi connectivity index (χ0n) is 3.29. The first-order valence-corrected chi connectivity index (χ1v) is 2.47. The smallest absolute Gasteiger partial charge is 0.235 e. The first kappa shape index (κ1) is 6.07. The quantitative estimate of drug-likeness (QED) is 0.380. The molecule has 3 heteroatoms. The molecule has 34 valence electrons. The second-order valence-electron chi connectivity index (χ2n) is 0.899. The third-order valence-corrected chi connectivity index (χ3v) is 1.10. The zero-order chi connectivity index (χ0) is 5.15. The van der Waals surface area contributed by atoms with Crippen LogP contribution in [-0.4, -0.2) is 9.50 Å². The van der Waals surface area contributed by atoms with Crippen LogP contribution in [0.1, 0.15) is 6.92 Å². The van der Waals surface area contributed by atoms with Crippen LogP contribution in [0.3, 0.4) is 0 Å². The van der Waals surface area contributed by atoms with Crippen LogP contribution in [0.2, 0.25) is 0 Å². The normalized spacial score (nSPS) is 7.67. The number of hydrogen-bond acceptors (Lipinski definition) is 2. The highest BCUT2D eigenvalue weighted by molar-refractivity contribution is 14.1. The van der Waals surface area contributed by atoms with E-state index >= 15 is 0 Å². The molecule has 0 spiro atoms. The van der Waals surface area contributed by atoms with E-state index in [1.165, 1.54) is 6.92 Å². The average molecular weight is 197 g/mol. The lowest BCUT2D eigenvalue weighted by Crippen LogP contribution is -1.95. The van der Waals surface area contributed by atoms with Crippen LogP contribution in [0.15, 0.2) is 0 Å². The van der Waals surface area contributed by atoms with E-state index in [1.54, 1.807) is 22.6 Å². The first-order chi connectivity index (χ1) is 2.64. The van der Waals surface area contributed by atoms with Crippen LogP contribution >= 0.6 is 22.6 Å². The molecule has 0 aliphatic carbocycles. The van der Waals surface area contributed by atoms with Gasteiger partial charge in [0.1, 0.15) is 0 Å². The topological polar surface area (TPSA) is 40.9 Å². The predicted octanol–water partition coefficient (Wildman–Crippen LogP) is 0.988. The van der Waals surface area contributed by atoms with Gasteiger partial charge in [0, 0.05) is 22.6 Å². The SMILES string of the molecule is CC(=N)C(=O)I. The summed E-state index contributed by atoms with van der Waals surface area (Å²) >= 11 is 1.57. The molecule has 0 unspecified atom stereocenters. The maximum Gasteiger partial charge on any atom is 0.235 e. The minimum atomic E-state index is -0.187. The minimum absolute atomic E-state index is 0.107. The molecule has 0 fully saturated rings. The Labute approximate surface area is 49.6 Å². The predicted molar refractivity (Wildman–Crippen MR) is 32.4 cm³/mol. The lowest BCUT2D eigenvalue weighted by Gasteiger charge is -1.76. The largest absolute Gasteiger partial charge is 0.301 e. The third kappa shape index (κ3) is 2.32. The second kappa shape index (κ2) is 2.28. The van der Waals surface area contributed by atoms with Crippen LogP contribution in [0, 0.1) is 5.41 Å². The van der Waals surface area contributed by atoms with Crippen molar-refractivity contribution in [2.45, 2.75) is 6.92 Å². The van der Waals surface area contributed by atoms with Gasteiger partial charge in [-0.15, -0.1) is 0 Å². The van der Waals surface area contributed by atoms with Crippen LogP contribution in [0.4, 0.5) is 0 Å². The Morgan fingerprint density at radius 1 is 1.83 bits per heavy atom. The molecule has 0 saturated carbocycles. The molecule has 0 aromatic heterocycles. The number of halogens is 1. The summed E-state index contributed by atoms with van der Waals surface area (Å²) in [5.74, 6) is 0. The Hall–Kier alpha value is 0.0700. The van der Waals surface area contributed by atoms with E-state index in [2.05, 4.69) is 0 Å². The van der Waals surface area contributed by atoms with Gasteiger partial charge < -0.3 is 5.41 Å². The van der Waals surface area contributed by atoms with E-state index in [4.69, 9.17) is 5.41 Å². The van der Waals surface area contributed by atoms with Crippen LogP contribution < -0.4 is 0 Å². The maximum atomic E-state index is 9.91. The fraction of sp³-hybridized carbons (Fsp3) is 0.333. The van der Waals surface area contributed by atoms with Gasteiger partial charge in [-0.05, 0) is 6.92 Å². The highest BCUT2D eigenvalue weighted by Gasteiger charge is 1.91. The third-order valence-electron chi connectivity index (χ3n) is 0.295. The molecule has 0 aromatic rings. The van der Waals surface area contributed by atoms with E-state index in [9.17, 15) is 4.79 Å². The maximum absolute atomic E-state index is 9.91. The summed E-state index contributed by atoms with van der Waals surface area (Å²) in [6, 6.07) is 0. The van der Waals surface area contributed by atoms with Crippen molar-refractivity contribution in [3.05, 3.63) is 0 Å². The van der Waals surface area contributed by atoms with E-state index in [0.29, 0.717) is 0 Å². The second-order valence-corrected chi connectivity index (χ2v) is 1.88. The van der Waals surface area contributed by atoms with Gasteiger partial charge in [0.05, 0.1) is 5.71 Å². The van der Waals surface area contributed by atoms with Crippen LogP contribution in [-0.2, 0) is 4.79 Å². The molecular formula is C3H4INO. The molecule has 0 radical (unpaired) electrons. The fourth-order valence-corrected chi connectivity index (χ4v) is 0. The Bertz CT molecular complexity index is 76.8. The molecule has 0 saturated heterocycles. The number of hydrogen-bond donors (Lipinski definition) is 1. The zero-order valence-corrected chi connectivity index (χ0v) is 5.44. The van der Waals surface area contributed by atoms with Crippen molar-refractivity contribution in [1.29, 1.82) is 5.41 Å². The van der Waals surface area contributed by atoms with Crippen molar-refractivity contribution in [2.75, 3.05) is 0 Å². The Kier molecular flexibility index (Phi) is 2.31. The number of rotatable bonds is 1. The van der Waals surface area contributed by atoms with E-state index in [1.807, 2.05) is 0 Å². The molecule has 2 nitrogen and oxygen atoms in total. The molecule has 0 aliphatic rings. The number of carbonyl (C=O) groups excluding carboxylic acids is 1. The summed E-state index contributed by atoms with van der Waals surface area (Å²) in [5, 5.41) is 6.59. The fourth-order valence-electron chi connectivity index (χ4n) is 0. The lowest BCUT2D eigenvalue weighted by molar-refractivity contribution is -0.104. The van der Waals surface area contributed by atoms with Gasteiger partial charge in [0.2, 0.25) is 3.79 Å². The van der Waals surface area contributed by atoms with Gasteiger partial charge >= 0.3 is 0 Å². The van der Waals surface area contributed by atoms with Crippen molar-refractivity contribution in [1.82, 2.24) is 0 Å². The summed E-state index contributed by atoms with van der Waals surface area (Å²) in [5.41, 5.74) is 0.107. The molecule has 0 aromatic carbocycles.